The summed E-state index contributed by atoms with van der Waals surface area (Å²) in [6.07, 6.45) is 3.76. The average Bonchev–Trinajstić information content (AvgIpc) is 2.71. The zero-order valence-corrected chi connectivity index (χ0v) is 11.3. The van der Waals surface area contributed by atoms with Gasteiger partial charge >= 0.3 is 0 Å². The number of rotatable bonds is 4. The van der Waals surface area contributed by atoms with E-state index in [4.69, 9.17) is 11.6 Å². The van der Waals surface area contributed by atoms with E-state index < -0.39 is 0 Å². The molecule has 1 aromatic carbocycles. The molecule has 0 spiro atoms. The van der Waals surface area contributed by atoms with Gasteiger partial charge in [-0.2, -0.15) is 0 Å². The van der Waals surface area contributed by atoms with Crippen LogP contribution in [-0.2, 0) is 0 Å². The summed E-state index contributed by atoms with van der Waals surface area (Å²) in [5.74, 6) is 0.778. The normalized spacial score (nSPS) is 10.4. The number of aryl methyl sites for hydroxylation is 2. The van der Waals surface area contributed by atoms with Gasteiger partial charge in [0, 0.05) is 12.7 Å². The quantitative estimate of drug-likeness (QED) is 0.850. The molecule has 0 aliphatic rings. The van der Waals surface area contributed by atoms with Gasteiger partial charge in [0.15, 0.2) is 0 Å². The lowest BCUT2D eigenvalue weighted by molar-refractivity contribution is 1.04. The van der Waals surface area contributed by atoms with Crippen LogP contribution in [0.1, 0.15) is 11.3 Å². The number of nitrogens with one attached hydrogen (secondary N) is 1. The minimum atomic E-state index is 0.667. The van der Waals surface area contributed by atoms with Crippen molar-refractivity contribution < 1.29 is 0 Å². The van der Waals surface area contributed by atoms with E-state index in [1.54, 1.807) is 6.08 Å². The van der Waals surface area contributed by atoms with Crippen LogP contribution in [0.5, 0.6) is 0 Å². The highest BCUT2D eigenvalue weighted by Crippen LogP contribution is 2.26. The molecule has 1 heterocycles. The Morgan fingerprint density at radius 2 is 2.22 bits per heavy atom. The Morgan fingerprint density at radius 1 is 1.44 bits per heavy atom. The summed E-state index contributed by atoms with van der Waals surface area (Å²) < 4.78 is 1.97. The summed E-state index contributed by atoms with van der Waals surface area (Å²) in [6.45, 7) is 8.31. The Bertz CT molecular complexity index is 572. The fourth-order valence-electron chi connectivity index (χ4n) is 1.79. The first kappa shape index (κ1) is 12.7. The van der Waals surface area contributed by atoms with E-state index in [1.807, 2.05) is 42.8 Å². The molecule has 4 heteroatoms. The van der Waals surface area contributed by atoms with Crippen LogP contribution in [0.15, 0.2) is 37.1 Å². The number of aromatic nitrogens is 2. The number of anilines is 1. The monoisotopic (exact) mass is 261 g/mol. The molecular formula is C14H16ClN3. The summed E-state index contributed by atoms with van der Waals surface area (Å²) in [7, 11) is 0. The van der Waals surface area contributed by atoms with E-state index in [1.165, 1.54) is 0 Å². The van der Waals surface area contributed by atoms with Crippen LogP contribution in [0.4, 0.5) is 5.95 Å². The van der Waals surface area contributed by atoms with Gasteiger partial charge in [0.1, 0.15) is 0 Å². The minimum absolute atomic E-state index is 0.667. The van der Waals surface area contributed by atoms with E-state index >= 15 is 0 Å². The standard InChI is InChI=1S/C14H16ClN3/c1-4-8-16-14-17-11(3)9-18(14)12-7-5-6-10(2)13(12)15/h4-7,9H,1,8H2,2-3H3,(H,16,17). The van der Waals surface area contributed by atoms with E-state index in [0.29, 0.717) is 6.54 Å². The fraction of sp³-hybridized carbons (Fsp3) is 0.214. The second-order valence-corrected chi connectivity index (χ2v) is 4.53. The maximum absolute atomic E-state index is 6.35. The number of nitrogens with zero attached hydrogens (tertiary/aromatic N) is 2. The molecule has 2 aromatic rings. The molecule has 0 saturated carbocycles. The second-order valence-electron chi connectivity index (χ2n) is 4.15. The molecule has 3 nitrogen and oxygen atoms in total. The third-order valence-corrected chi connectivity index (χ3v) is 3.15. The highest BCUT2D eigenvalue weighted by atomic mass is 35.5. The molecule has 18 heavy (non-hydrogen) atoms. The van der Waals surface area contributed by atoms with Crippen molar-refractivity contribution in [3.05, 3.63) is 53.3 Å². The average molecular weight is 262 g/mol. The van der Waals surface area contributed by atoms with Crippen LogP contribution >= 0.6 is 11.6 Å². The molecule has 1 N–H and O–H groups in total. The predicted molar refractivity (Wildman–Crippen MR) is 76.7 cm³/mol. The lowest BCUT2D eigenvalue weighted by Gasteiger charge is -2.11. The van der Waals surface area contributed by atoms with Gasteiger partial charge in [-0.3, -0.25) is 4.57 Å². The lowest BCUT2D eigenvalue weighted by Crippen LogP contribution is -2.06. The van der Waals surface area contributed by atoms with Crippen molar-refractivity contribution in [3.8, 4) is 5.69 Å². The van der Waals surface area contributed by atoms with Crippen molar-refractivity contribution >= 4 is 17.5 Å². The van der Waals surface area contributed by atoms with Crippen LogP contribution in [0, 0.1) is 13.8 Å². The molecular weight excluding hydrogens is 246 g/mol. The Balaban J connectivity index is 2.49. The lowest BCUT2D eigenvalue weighted by atomic mass is 10.2. The molecule has 0 bridgehead atoms. The summed E-state index contributed by atoms with van der Waals surface area (Å²) in [5, 5.41) is 3.95. The number of imidazole rings is 1. The van der Waals surface area contributed by atoms with Gasteiger partial charge in [-0.15, -0.1) is 6.58 Å². The van der Waals surface area contributed by atoms with Gasteiger partial charge < -0.3 is 5.32 Å². The van der Waals surface area contributed by atoms with Crippen LogP contribution in [0.2, 0.25) is 5.02 Å². The molecule has 1 aromatic heterocycles. The number of hydrogen-bond acceptors (Lipinski definition) is 2. The molecule has 0 atom stereocenters. The van der Waals surface area contributed by atoms with Crippen LogP contribution in [0.3, 0.4) is 0 Å². The Hall–Kier alpha value is -1.74. The van der Waals surface area contributed by atoms with Crippen molar-refractivity contribution in [1.29, 1.82) is 0 Å². The zero-order chi connectivity index (χ0) is 13.1. The molecule has 0 unspecified atom stereocenters. The molecule has 0 aliphatic heterocycles. The topological polar surface area (TPSA) is 29.9 Å². The predicted octanol–water partition coefficient (Wildman–Crippen LogP) is 3.74. The third-order valence-electron chi connectivity index (χ3n) is 2.66. The number of hydrogen-bond donors (Lipinski definition) is 1. The highest BCUT2D eigenvalue weighted by molar-refractivity contribution is 6.33. The minimum Gasteiger partial charge on any atom is -0.352 e. The van der Waals surface area contributed by atoms with Gasteiger partial charge in [0.05, 0.1) is 16.4 Å². The van der Waals surface area contributed by atoms with Crippen molar-refractivity contribution in [2.24, 2.45) is 0 Å². The van der Waals surface area contributed by atoms with Gasteiger partial charge in [-0.25, -0.2) is 4.98 Å². The summed E-state index contributed by atoms with van der Waals surface area (Å²) >= 11 is 6.35. The van der Waals surface area contributed by atoms with Crippen LogP contribution in [-0.4, -0.2) is 16.1 Å². The molecule has 0 saturated heterocycles. The molecule has 0 aliphatic carbocycles. The first-order valence-electron chi connectivity index (χ1n) is 5.79. The fourth-order valence-corrected chi connectivity index (χ4v) is 2.00. The number of halogens is 1. The van der Waals surface area contributed by atoms with E-state index in [-0.39, 0.29) is 0 Å². The van der Waals surface area contributed by atoms with Crippen molar-refractivity contribution in [1.82, 2.24) is 9.55 Å². The first-order chi connectivity index (χ1) is 8.63. The maximum atomic E-state index is 6.35. The van der Waals surface area contributed by atoms with Crippen LogP contribution < -0.4 is 5.32 Å². The Morgan fingerprint density at radius 3 is 2.94 bits per heavy atom. The zero-order valence-electron chi connectivity index (χ0n) is 10.6. The van der Waals surface area contributed by atoms with E-state index in [2.05, 4.69) is 16.9 Å². The maximum Gasteiger partial charge on any atom is 0.208 e. The molecule has 0 amide bonds. The van der Waals surface area contributed by atoms with Gasteiger partial charge in [-0.1, -0.05) is 29.8 Å². The van der Waals surface area contributed by atoms with Crippen molar-refractivity contribution in [2.45, 2.75) is 13.8 Å². The van der Waals surface area contributed by atoms with E-state index in [9.17, 15) is 0 Å². The largest absolute Gasteiger partial charge is 0.352 e. The summed E-state index contributed by atoms with van der Waals surface area (Å²) in [5.41, 5.74) is 2.93. The van der Waals surface area contributed by atoms with Gasteiger partial charge in [-0.05, 0) is 25.5 Å². The van der Waals surface area contributed by atoms with Crippen LogP contribution in [0.25, 0.3) is 5.69 Å². The Kier molecular flexibility index (Phi) is 3.72. The van der Waals surface area contributed by atoms with Gasteiger partial charge in [0.2, 0.25) is 5.95 Å². The van der Waals surface area contributed by atoms with Crippen molar-refractivity contribution in [3.63, 3.8) is 0 Å². The summed E-state index contributed by atoms with van der Waals surface area (Å²) in [4.78, 5) is 4.44. The van der Waals surface area contributed by atoms with E-state index in [0.717, 1.165) is 27.9 Å². The SMILES string of the molecule is C=CCNc1nc(C)cn1-c1cccc(C)c1Cl. The summed E-state index contributed by atoms with van der Waals surface area (Å²) in [6, 6.07) is 5.96. The molecule has 2 rings (SSSR count). The number of benzene rings is 1. The Labute approximate surface area is 112 Å². The molecule has 94 valence electrons. The second kappa shape index (κ2) is 5.27. The smallest absolute Gasteiger partial charge is 0.208 e. The third kappa shape index (κ3) is 2.41. The molecule has 0 radical (unpaired) electrons. The highest BCUT2D eigenvalue weighted by Gasteiger charge is 2.10. The van der Waals surface area contributed by atoms with Gasteiger partial charge in [0.25, 0.3) is 0 Å². The molecule has 0 fully saturated rings. The van der Waals surface area contributed by atoms with Crippen molar-refractivity contribution in [2.75, 3.05) is 11.9 Å². The first-order valence-corrected chi connectivity index (χ1v) is 6.17.